The van der Waals surface area contributed by atoms with Gasteiger partial charge in [-0.15, -0.1) is 0 Å². The van der Waals surface area contributed by atoms with E-state index in [1.165, 1.54) is 19.4 Å². The predicted octanol–water partition coefficient (Wildman–Crippen LogP) is 2.61. The zero-order chi connectivity index (χ0) is 13.4. The van der Waals surface area contributed by atoms with E-state index in [-0.39, 0.29) is 0 Å². The van der Waals surface area contributed by atoms with Crippen LogP contribution in [0.25, 0.3) is 0 Å². The normalized spacial score (nSPS) is 11.6. The molecular weight excluding hydrogens is 224 g/mol. The first-order valence-corrected chi connectivity index (χ1v) is 7.20. The maximum Gasteiger partial charge on any atom is 0.145 e. The standard InChI is InChI=1S/C14H28N4/c1-4-13(5-2)12-17(6-3)9-7-10-18-11-8-14(15)16-18/h8,11,13H,4-7,9-10,12H2,1-3H3,(H2,15,16). The maximum atomic E-state index is 5.60. The summed E-state index contributed by atoms with van der Waals surface area (Å²) in [6, 6.07) is 1.85. The molecule has 4 heteroatoms. The Labute approximate surface area is 111 Å². The molecule has 1 aromatic rings. The monoisotopic (exact) mass is 252 g/mol. The fraction of sp³-hybridized carbons (Fsp3) is 0.786. The summed E-state index contributed by atoms with van der Waals surface area (Å²) in [5.74, 6) is 1.45. The SMILES string of the molecule is CCC(CC)CN(CC)CCCn1ccc(N)n1. The van der Waals surface area contributed by atoms with Crippen LogP contribution < -0.4 is 5.73 Å². The molecule has 0 unspecified atom stereocenters. The van der Waals surface area contributed by atoms with E-state index in [1.54, 1.807) is 0 Å². The number of nitrogens with zero attached hydrogens (tertiary/aromatic N) is 3. The quantitative estimate of drug-likeness (QED) is 0.735. The number of hydrogen-bond acceptors (Lipinski definition) is 3. The lowest BCUT2D eigenvalue weighted by Crippen LogP contribution is -2.30. The van der Waals surface area contributed by atoms with Gasteiger partial charge in [0.25, 0.3) is 0 Å². The van der Waals surface area contributed by atoms with Crippen LogP contribution in [0.3, 0.4) is 0 Å². The first kappa shape index (κ1) is 15.0. The number of nitrogen functional groups attached to an aromatic ring is 1. The third-order valence-electron chi connectivity index (χ3n) is 3.64. The van der Waals surface area contributed by atoms with Crippen molar-refractivity contribution >= 4 is 5.82 Å². The van der Waals surface area contributed by atoms with Gasteiger partial charge in [-0.2, -0.15) is 5.10 Å². The first-order chi connectivity index (χ1) is 8.69. The molecule has 0 radical (unpaired) electrons. The second-order valence-corrected chi connectivity index (χ2v) is 4.93. The molecule has 2 N–H and O–H groups in total. The fourth-order valence-corrected chi connectivity index (χ4v) is 2.25. The van der Waals surface area contributed by atoms with Crippen LogP contribution in [0, 0.1) is 5.92 Å². The molecule has 0 saturated heterocycles. The number of hydrogen-bond donors (Lipinski definition) is 1. The summed E-state index contributed by atoms with van der Waals surface area (Å²) in [5, 5.41) is 4.20. The van der Waals surface area contributed by atoms with Crippen molar-refractivity contribution < 1.29 is 0 Å². The Morgan fingerprint density at radius 3 is 2.56 bits per heavy atom. The molecule has 0 amide bonds. The molecule has 0 aliphatic heterocycles. The van der Waals surface area contributed by atoms with E-state index in [0.717, 1.165) is 32.0 Å². The van der Waals surface area contributed by atoms with Crippen molar-refractivity contribution in [1.29, 1.82) is 0 Å². The van der Waals surface area contributed by atoms with Crippen LogP contribution >= 0.6 is 0 Å². The van der Waals surface area contributed by atoms with Gasteiger partial charge in [0.2, 0.25) is 0 Å². The molecule has 18 heavy (non-hydrogen) atoms. The highest BCUT2D eigenvalue weighted by Gasteiger charge is 2.09. The lowest BCUT2D eigenvalue weighted by atomic mass is 10.0. The Balaban J connectivity index is 2.26. The van der Waals surface area contributed by atoms with Crippen molar-refractivity contribution in [3.8, 4) is 0 Å². The molecule has 0 aromatic carbocycles. The van der Waals surface area contributed by atoms with Crippen LogP contribution in [-0.2, 0) is 6.54 Å². The molecule has 4 nitrogen and oxygen atoms in total. The van der Waals surface area contributed by atoms with Gasteiger partial charge in [0.1, 0.15) is 5.82 Å². The summed E-state index contributed by atoms with van der Waals surface area (Å²) in [6.45, 7) is 11.3. The lowest BCUT2D eigenvalue weighted by Gasteiger charge is -2.25. The van der Waals surface area contributed by atoms with Gasteiger partial charge in [-0.25, -0.2) is 0 Å². The topological polar surface area (TPSA) is 47.1 Å². The van der Waals surface area contributed by atoms with E-state index in [4.69, 9.17) is 5.73 Å². The van der Waals surface area contributed by atoms with E-state index in [2.05, 4.69) is 30.8 Å². The minimum Gasteiger partial charge on any atom is -0.382 e. The Kier molecular flexibility index (Phi) is 6.80. The van der Waals surface area contributed by atoms with Crippen molar-refractivity contribution in [3.63, 3.8) is 0 Å². The molecule has 0 aliphatic rings. The fourth-order valence-electron chi connectivity index (χ4n) is 2.25. The molecule has 0 spiro atoms. The Morgan fingerprint density at radius 2 is 2.06 bits per heavy atom. The molecule has 0 bridgehead atoms. The highest BCUT2D eigenvalue weighted by Crippen LogP contribution is 2.10. The molecule has 0 fully saturated rings. The summed E-state index contributed by atoms with van der Waals surface area (Å²) in [4.78, 5) is 2.55. The average molecular weight is 252 g/mol. The van der Waals surface area contributed by atoms with E-state index >= 15 is 0 Å². The zero-order valence-corrected chi connectivity index (χ0v) is 12.1. The van der Waals surface area contributed by atoms with E-state index < -0.39 is 0 Å². The number of aryl methyl sites for hydroxylation is 1. The second-order valence-electron chi connectivity index (χ2n) is 4.93. The summed E-state index contributed by atoms with van der Waals surface area (Å²) >= 11 is 0. The highest BCUT2D eigenvalue weighted by molar-refractivity contribution is 5.23. The van der Waals surface area contributed by atoms with Gasteiger partial charge >= 0.3 is 0 Å². The van der Waals surface area contributed by atoms with Crippen molar-refractivity contribution in [2.75, 3.05) is 25.4 Å². The van der Waals surface area contributed by atoms with E-state index in [9.17, 15) is 0 Å². The minimum absolute atomic E-state index is 0.611. The molecule has 1 heterocycles. The van der Waals surface area contributed by atoms with Gasteiger partial charge in [0.15, 0.2) is 0 Å². The molecule has 0 saturated carbocycles. The highest BCUT2D eigenvalue weighted by atomic mass is 15.3. The summed E-state index contributed by atoms with van der Waals surface area (Å²) in [5.41, 5.74) is 5.60. The summed E-state index contributed by atoms with van der Waals surface area (Å²) < 4.78 is 1.93. The largest absolute Gasteiger partial charge is 0.382 e. The van der Waals surface area contributed by atoms with Gasteiger partial charge in [-0.3, -0.25) is 4.68 Å². The summed E-state index contributed by atoms with van der Waals surface area (Å²) in [7, 11) is 0. The maximum absolute atomic E-state index is 5.60. The van der Waals surface area contributed by atoms with Gasteiger partial charge in [0, 0.05) is 19.3 Å². The minimum atomic E-state index is 0.611. The van der Waals surface area contributed by atoms with E-state index in [1.807, 2.05) is 16.9 Å². The molecule has 1 rings (SSSR count). The molecular formula is C14H28N4. The van der Waals surface area contributed by atoms with Crippen molar-refractivity contribution in [3.05, 3.63) is 12.3 Å². The van der Waals surface area contributed by atoms with Crippen LogP contribution in [0.4, 0.5) is 5.82 Å². The first-order valence-electron chi connectivity index (χ1n) is 7.20. The van der Waals surface area contributed by atoms with Crippen LogP contribution in [0.5, 0.6) is 0 Å². The smallest absolute Gasteiger partial charge is 0.145 e. The van der Waals surface area contributed by atoms with Crippen LogP contribution in [-0.4, -0.2) is 34.3 Å². The lowest BCUT2D eigenvalue weighted by molar-refractivity contribution is 0.227. The number of rotatable bonds is 9. The van der Waals surface area contributed by atoms with Gasteiger partial charge in [-0.1, -0.05) is 33.6 Å². The van der Waals surface area contributed by atoms with Gasteiger partial charge in [-0.05, 0) is 31.5 Å². The zero-order valence-electron chi connectivity index (χ0n) is 12.1. The van der Waals surface area contributed by atoms with Gasteiger partial charge < -0.3 is 10.6 Å². The van der Waals surface area contributed by atoms with Crippen molar-refractivity contribution in [2.24, 2.45) is 5.92 Å². The summed E-state index contributed by atoms with van der Waals surface area (Å²) in [6.07, 6.45) is 5.65. The Bertz CT molecular complexity index is 317. The van der Waals surface area contributed by atoms with Crippen LogP contribution in [0.15, 0.2) is 12.3 Å². The third kappa shape index (κ3) is 5.08. The molecule has 104 valence electrons. The molecule has 1 aromatic heterocycles. The Morgan fingerprint density at radius 1 is 1.33 bits per heavy atom. The number of aromatic nitrogens is 2. The molecule has 0 atom stereocenters. The number of nitrogens with two attached hydrogens (primary N) is 1. The van der Waals surface area contributed by atoms with Crippen LogP contribution in [0.2, 0.25) is 0 Å². The predicted molar refractivity (Wildman–Crippen MR) is 77.4 cm³/mol. The number of anilines is 1. The van der Waals surface area contributed by atoms with Crippen molar-refractivity contribution in [1.82, 2.24) is 14.7 Å². The second kappa shape index (κ2) is 8.14. The van der Waals surface area contributed by atoms with Gasteiger partial charge in [0.05, 0.1) is 0 Å². The Hall–Kier alpha value is -1.03. The van der Waals surface area contributed by atoms with Crippen LogP contribution in [0.1, 0.15) is 40.0 Å². The third-order valence-corrected chi connectivity index (χ3v) is 3.64. The van der Waals surface area contributed by atoms with Crippen molar-refractivity contribution in [2.45, 2.75) is 46.6 Å². The van der Waals surface area contributed by atoms with E-state index in [0.29, 0.717) is 5.82 Å². The molecule has 0 aliphatic carbocycles. The average Bonchev–Trinajstić information content (AvgIpc) is 2.79.